The highest BCUT2D eigenvalue weighted by atomic mass is 19.1. The van der Waals surface area contributed by atoms with Gasteiger partial charge in [0.1, 0.15) is 12.4 Å². The lowest BCUT2D eigenvalue weighted by molar-refractivity contribution is -0.172. The van der Waals surface area contributed by atoms with Crippen LogP contribution < -0.4 is 10.9 Å². The number of hydrogen-bond donors (Lipinski definition) is 2. The number of pyridine rings is 2. The molecule has 0 radical (unpaired) electrons. The summed E-state index contributed by atoms with van der Waals surface area (Å²) < 4.78 is 21.8. The van der Waals surface area contributed by atoms with Crippen LogP contribution in [0.2, 0.25) is 0 Å². The number of nitrogens with one attached hydrogen (secondary N) is 1. The van der Waals surface area contributed by atoms with Crippen LogP contribution >= 0.6 is 0 Å². The zero-order valence-electron chi connectivity index (χ0n) is 22.1. The van der Waals surface area contributed by atoms with Crippen molar-refractivity contribution in [3.05, 3.63) is 61.7 Å². The molecular weight excluding hydrogens is 503 g/mol. The van der Waals surface area contributed by atoms with E-state index in [-0.39, 0.29) is 59.9 Å². The largest absolute Gasteiger partial charge is 0.458 e. The number of carbonyl (C=O) groups excluding carboxylic acids is 2. The average molecular weight is 533 g/mol. The van der Waals surface area contributed by atoms with Gasteiger partial charge in [0.2, 0.25) is 5.91 Å². The standard InChI is InChI=1S/C29H29FN4O5/c1-4-29(38)18-7-22-25-16(11-34(22)27(36)17(18)12-39-28(29)37)24-20(32-26(35)14-9-33(3)10-14)6-5-15-13(2)19(30)8-21(31-25)23(15)24/h7-8,14,20,38H,4-6,9-12H2,1-3H3,(H,32,35)/t20-,29-/m1/s1. The minimum Gasteiger partial charge on any atom is -0.458 e. The van der Waals surface area contributed by atoms with E-state index in [1.54, 1.807) is 24.5 Å². The summed E-state index contributed by atoms with van der Waals surface area (Å²) in [6, 6.07) is 2.77. The molecule has 1 saturated heterocycles. The quantitative estimate of drug-likeness (QED) is 0.389. The molecular formula is C29H29FN4O5. The molecule has 9 nitrogen and oxygen atoms in total. The van der Waals surface area contributed by atoms with E-state index >= 15 is 4.39 Å². The molecule has 1 aromatic carbocycles. The molecule has 2 aromatic heterocycles. The van der Waals surface area contributed by atoms with Crippen molar-refractivity contribution in [2.75, 3.05) is 20.1 Å². The number of likely N-dealkylation sites (tertiary alicyclic amines) is 1. The minimum absolute atomic E-state index is 0.00842. The molecule has 2 N–H and O–H groups in total. The van der Waals surface area contributed by atoms with Gasteiger partial charge in [-0.2, -0.15) is 0 Å². The van der Waals surface area contributed by atoms with E-state index in [1.165, 1.54) is 6.07 Å². The van der Waals surface area contributed by atoms with Gasteiger partial charge < -0.3 is 24.6 Å². The summed E-state index contributed by atoms with van der Waals surface area (Å²) in [7, 11) is 1.98. The molecule has 1 fully saturated rings. The third-order valence-electron chi connectivity index (χ3n) is 9.13. The molecule has 202 valence electrons. The molecule has 5 heterocycles. The molecule has 7 rings (SSSR count). The van der Waals surface area contributed by atoms with Gasteiger partial charge in [0.05, 0.1) is 41.0 Å². The van der Waals surface area contributed by atoms with E-state index < -0.39 is 11.6 Å². The number of amides is 1. The summed E-state index contributed by atoms with van der Waals surface area (Å²) in [6.45, 7) is 4.85. The van der Waals surface area contributed by atoms with Crippen LogP contribution in [0.5, 0.6) is 0 Å². The zero-order valence-corrected chi connectivity index (χ0v) is 22.1. The van der Waals surface area contributed by atoms with Crippen molar-refractivity contribution in [3.63, 3.8) is 0 Å². The molecule has 39 heavy (non-hydrogen) atoms. The van der Waals surface area contributed by atoms with E-state index in [2.05, 4.69) is 10.2 Å². The van der Waals surface area contributed by atoms with Gasteiger partial charge in [-0.15, -0.1) is 0 Å². The van der Waals surface area contributed by atoms with Gasteiger partial charge in [-0.25, -0.2) is 14.2 Å². The van der Waals surface area contributed by atoms with E-state index in [9.17, 15) is 19.5 Å². The number of rotatable bonds is 3. The Morgan fingerprint density at radius 3 is 2.74 bits per heavy atom. The Balaban J connectivity index is 1.45. The number of fused-ring (bicyclic) bond motifs is 5. The number of benzene rings is 1. The number of esters is 1. The van der Waals surface area contributed by atoms with Crippen molar-refractivity contribution in [1.29, 1.82) is 0 Å². The van der Waals surface area contributed by atoms with Crippen molar-refractivity contribution in [1.82, 2.24) is 19.8 Å². The predicted molar refractivity (Wildman–Crippen MR) is 139 cm³/mol. The fraction of sp³-hybridized carbons (Fsp3) is 0.448. The van der Waals surface area contributed by atoms with Crippen molar-refractivity contribution >= 4 is 22.8 Å². The van der Waals surface area contributed by atoms with Gasteiger partial charge in [0, 0.05) is 35.7 Å². The predicted octanol–water partition coefficient (Wildman–Crippen LogP) is 2.19. The topological polar surface area (TPSA) is 114 Å². The Bertz CT molecular complexity index is 1690. The summed E-state index contributed by atoms with van der Waals surface area (Å²) in [5, 5.41) is 15.3. The van der Waals surface area contributed by atoms with Gasteiger partial charge >= 0.3 is 5.97 Å². The SMILES string of the molecule is CC[C@]1(O)C(=O)OCc2c1cc1n(c2=O)Cc2c-1nc1cc(F)c(C)c3c1c2[C@H](NC(=O)C1CN(C)C1)CC3. The molecule has 0 bridgehead atoms. The maximum atomic E-state index is 15.0. The van der Waals surface area contributed by atoms with E-state index in [4.69, 9.17) is 9.72 Å². The molecule has 1 aliphatic carbocycles. The van der Waals surface area contributed by atoms with Crippen molar-refractivity contribution in [2.24, 2.45) is 5.92 Å². The fourth-order valence-corrected chi connectivity index (χ4v) is 6.85. The minimum atomic E-state index is -1.93. The molecule has 3 aliphatic heterocycles. The van der Waals surface area contributed by atoms with Crippen LogP contribution in [0.4, 0.5) is 4.39 Å². The van der Waals surface area contributed by atoms with Crippen LogP contribution in [0.25, 0.3) is 22.3 Å². The molecule has 3 aromatic rings. The highest BCUT2D eigenvalue weighted by molar-refractivity contribution is 5.94. The van der Waals surface area contributed by atoms with Gasteiger partial charge in [0.15, 0.2) is 5.60 Å². The number of aryl methyl sites for hydroxylation is 1. The third-order valence-corrected chi connectivity index (χ3v) is 9.13. The molecule has 2 atom stereocenters. The first-order chi connectivity index (χ1) is 18.6. The maximum Gasteiger partial charge on any atom is 0.343 e. The lowest BCUT2D eigenvalue weighted by Gasteiger charge is -2.37. The first-order valence-corrected chi connectivity index (χ1v) is 13.4. The third kappa shape index (κ3) is 3.24. The number of cyclic esters (lactones) is 1. The summed E-state index contributed by atoms with van der Waals surface area (Å²) in [5.74, 6) is -1.22. The Hall–Kier alpha value is -3.63. The summed E-state index contributed by atoms with van der Waals surface area (Å²) in [4.78, 5) is 46.3. The van der Waals surface area contributed by atoms with E-state index in [0.29, 0.717) is 48.4 Å². The van der Waals surface area contributed by atoms with Gasteiger partial charge in [-0.05, 0) is 56.0 Å². The highest BCUT2D eigenvalue weighted by Gasteiger charge is 2.46. The molecule has 0 unspecified atom stereocenters. The van der Waals surface area contributed by atoms with Crippen molar-refractivity contribution < 1.29 is 23.8 Å². The second-order valence-corrected chi connectivity index (χ2v) is 11.3. The first kappa shape index (κ1) is 24.4. The van der Waals surface area contributed by atoms with E-state index in [0.717, 1.165) is 22.1 Å². The Morgan fingerprint density at radius 2 is 2.03 bits per heavy atom. The lowest BCUT2D eigenvalue weighted by atomic mass is 9.81. The molecule has 0 spiro atoms. The number of carbonyl (C=O) groups is 2. The number of aromatic nitrogens is 2. The second kappa shape index (κ2) is 8.19. The van der Waals surface area contributed by atoms with Crippen molar-refractivity contribution in [3.8, 4) is 11.4 Å². The van der Waals surface area contributed by atoms with Crippen molar-refractivity contribution in [2.45, 2.75) is 57.9 Å². The Labute approximate surface area is 223 Å². The number of nitrogens with zero attached hydrogens (tertiary/aromatic N) is 3. The summed E-state index contributed by atoms with van der Waals surface area (Å²) in [6.07, 6.45) is 1.26. The lowest BCUT2D eigenvalue weighted by Crippen LogP contribution is -2.52. The second-order valence-electron chi connectivity index (χ2n) is 11.3. The van der Waals surface area contributed by atoms with Gasteiger partial charge in [-0.3, -0.25) is 9.59 Å². The summed E-state index contributed by atoms with van der Waals surface area (Å²) in [5.41, 5.74) is 2.76. The maximum absolute atomic E-state index is 15.0. The van der Waals surface area contributed by atoms with Crippen LogP contribution in [0.1, 0.15) is 59.2 Å². The molecule has 0 saturated carbocycles. The molecule has 10 heteroatoms. The Morgan fingerprint density at radius 1 is 1.26 bits per heavy atom. The normalized spacial score (nSPS) is 23.6. The zero-order chi connectivity index (χ0) is 27.4. The highest BCUT2D eigenvalue weighted by Crippen LogP contribution is 2.46. The number of halogens is 1. The summed E-state index contributed by atoms with van der Waals surface area (Å²) >= 11 is 0. The smallest absolute Gasteiger partial charge is 0.343 e. The van der Waals surface area contributed by atoms with Gasteiger partial charge in [-0.1, -0.05) is 6.92 Å². The first-order valence-electron chi connectivity index (χ1n) is 13.4. The molecule has 1 amide bonds. The van der Waals surface area contributed by atoms with E-state index in [1.807, 2.05) is 7.05 Å². The van der Waals surface area contributed by atoms with Crippen LogP contribution in [0, 0.1) is 18.7 Å². The van der Waals surface area contributed by atoms with Gasteiger partial charge in [0.25, 0.3) is 5.56 Å². The number of hydrogen-bond acceptors (Lipinski definition) is 7. The van der Waals surface area contributed by atoms with Crippen LogP contribution in [-0.2, 0) is 39.5 Å². The van der Waals surface area contributed by atoms with Crippen LogP contribution in [0.15, 0.2) is 16.9 Å². The fourth-order valence-electron chi connectivity index (χ4n) is 6.85. The van der Waals surface area contributed by atoms with Crippen LogP contribution in [0.3, 0.4) is 0 Å². The average Bonchev–Trinajstić information content (AvgIpc) is 3.27. The number of aliphatic hydroxyl groups is 1. The number of ether oxygens (including phenoxy) is 1. The molecule has 4 aliphatic rings. The Kier molecular flexibility index (Phi) is 5.13. The van der Waals surface area contributed by atoms with Crippen LogP contribution in [-0.4, -0.2) is 51.6 Å². The monoisotopic (exact) mass is 532 g/mol.